The molecule has 2 heterocycles. The van der Waals surface area contributed by atoms with Crippen LogP contribution in [0.1, 0.15) is 0 Å². The molecule has 1 aliphatic rings. The Kier molecular flexibility index (Phi) is 2.71. The summed E-state index contributed by atoms with van der Waals surface area (Å²) in [6, 6.07) is 3.87. The van der Waals surface area contributed by atoms with Gasteiger partial charge in [0.15, 0.2) is 0 Å². The first kappa shape index (κ1) is 9.76. The van der Waals surface area contributed by atoms with E-state index < -0.39 is 0 Å². The molecular weight excluding hydrogens is 192 g/mol. The molecule has 80 valence electrons. The molecule has 0 aromatic carbocycles. The average molecular weight is 206 g/mol. The van der Waals surface area contributed by atoms with E-state index in [1.807, 2.05) is 24.1 Å². The van der Waals surface area contributed by atoms with E-state index in [4.69, 9.17) is 0 Å². The molecule has 1 saturated heterocycles. The molecular formula is C10H14N4O. The lowest BCUT2D eigenvalue weighted by Gasteiger charge is -2.27. The molecule has 0 aliphatic carbocycles. The van der Waals surface area contributed by atoms with Crippen molar-refractivity contribution >= 4 is 17.4 Å². The van der Waals surface area contributed by atoms with Gasteiger partial charge in [0.1, 0.15) is 5.82 Å². The summed E-state index contributed by atoms with van der Waals surface area (Å²) in [6.07, 6.45) is 1.77. The van der Waals surface area contributed by atoms with Gasteiger partial charge in [-0.05, 0) is 12.1 Å². The molecule has 5 nitrogen and oxygen atoms in total. The number of nitrogens with one attached hydrogen (secondary N) is 2. The van der Waals surface area contributed by atoms with Crippen molar-refractivity contribution in [1.82, 2.24) is 10.3 Å². The van der Waals surface area contributed by atoms with Crippen molar-refractivity contribution in [2.24, 2.45) is 0 Å². The molecule has 0 spiro atoms. The van der Waals surface area contributed by atoms with Gasteiger partial charge in [0.05, 0.1) is 18.4 Å². The van der Waals surface area contributed by atoms with E-state index in [0.29, 0.717) is 13.1 Å². The maximum Gasteiger partial charge on any atom is 0.239 e. The highest BCUT2D eigenvalue weighted by Gasteiger charge is 2.16. The molecule has 1 aromatic rings. The monoisotopic (exact) mass is 206 g/mol. The number of hydrogen-bond donors (Lipinski definition) is 2. The third-order valence-electron chi connectivity index (χ3n) is 2.40. The summed E-state index contributed by atoms with van der Waals surface area (Å²) >= 11 is 0. The molecule has 1 fully saturated rings. The minimum atomic E-state index is 0.0562. The zero-order chi connectivity index (χ0) is 10.7. The summed E-state index contributed by atoms with van der Waals surface area (Å²) < 4.78 is 0. The summed E-state index contributed by atoms with van der Waals surface area (Å²) in [6.45, 7) is 1.90. The standard InChI is InChI=1S/C10H14N4O/c1-11-8-2-3-9(13-6-8)14-5-4-12-10(15)7-14/h2-3,6,11H,4-5,7H2,1H3,(H,12,15). The first-order valence-corrected chi connectivity index (χ1v) is 4.95. The van der Waals surface area contributed by atoms with Crippen LogP contribution in [0.4, 0.5) is 11.5 Å². The predicted molar refractivity (Wildman–Crippen MR) is 59.0 cm³/mol. The summed E-state index contributed by atoms with van der Waals surface area (Å²) in [5.41, 5.74) is 0.972. The fourth-order valence-electron chi connectivity index (χ4n) is 1.56. The number of amides is 1. The second-order valence-electron chi connectivity index (χ2n) is 3.43. The van der Waals surface area contributed by atoms with Crippen LogP contribution in [0.15, 0.2) is 18.3 Å². The van der Waals surface area contributed by atoms with Gasteiger partial charge in [0.25, 0.3) is 0 Å². The quantitative estimate of drug-likeness (QED) is 0.718. The fraction of sp³-hybridized carbons (Fsp3) is 0.400. The van der Waals surface area contributed by atoms with Gasteiger partial charge in [-0.25, -0.2) is 4.98 Å². The Morgan fingerprint density at radius 3 is 3.00 bits per heavy atom. The molecule has 1 aromatic heterocycles. The zero-order valence-electron chi connectivity index (χ0n) is 8.66. The minimum absolute atomic E-state index is 0.0562. The predicted octanol–water partition coefficient (Wildman–Crippen LogP) is 0.0595. The van der Waals surface area contributed by atoms with Crippen molar-refractivity contribution in [3.8, 4) is 0 Å². The highest BCUT2D eigenvalue weighted by molar-refractivity contribution is 5.82. The third-order valence-corrected chi connectivity index (χ3v) is 2.40. The van der Waals surface area contributed by atoms with E-state index in [1.54, 1.807) is 6.20 Å². The number of hydrogen-bond acceptors (Lipinski definition) is 4. The van der Waals surface area contributed by atoms with Gasteiger partial charge in [-0.3, -0.25) is 4.79 Å². The van der Waals surface area contributed by atoms with Crippen molar-refractivity contribution in [1.29, 1.82) is 0 Å². The van der Waals surface area contributed by atoms with Gasteiger partial charge in [-0.15, -0.1) is 0 Å². The highest BCUT2D eigenvalue weighted by atomic mass is 16.2. The molecule has 0 radical (unpaired) electrons. The molecule has 1 aliphatic heterocycles. The highest BCUT2D eigenvalue weighted by Crippen LogP contribution is 2.14. The second kappa shape index (κ2) is 4.16. The number of nitrogens with zero attached hydrogens (tertiary/aromatic N) is 2. The van der Waals surface area contributed by atoms with Gasteiger partial charge in [-0.1, -0.05) is 0 Å². The lowest BCUT2D eigenvalue weighted by atomic mass is 10.3. The smallest absolute Gasteiger partial charge is 0.239 e. The van der Waals surface area contributed by atoms with Crippen LogP contribution in [-0.2, 0) is 4.79 Å². The number of rotatable bonds is 2. The van der Waals surface area contributed by atoms with E-state index in [1.165, 1.54) is 0 Å². The maximum absolute atomic E-state index is 11.2. The van der Waals surface area contributed by atoms with Crippen molar-refractivity contribution in [3.05, 3.63) is 18.3 Å². The Hall–Kier alpha value is -1.78. The molecule has 2 N–H and O–H groups in total. The molecule has 0 bridgehead atoms. The van der Waals surface area contributed by atoms with E-state index in [9.17, 15) is 4.79 Å². The van der Waals surface area contributed by atoms with Crippen LogP contribution in [0.3, 0.4) is 0 Å². The number of carbonyl (C=O) groups is 1. The SMILES string of the molecule is CNc1ccc(N2CCNC(=O)C2)nc1. The normalized spacial score (nSPS) is 16.1. The molecule has 0 atom stereocenters. The summed E-state index contributed by atoms with van der Waals surface area (Å²) in [5.74, 6) is 0.907. The summed E-state index contributed by atoms with van der Waals surface area (Å²) in [4.78, 5) is 17.4. The van der Waals surface area contributed by atoms with Crippen LogP contribution < -0.4 is 15.5 Å². The van der Waals surface area contributed by atoms with Crippen molar-refractivity contribution in [3.63, 3.8) is 0 Å². The molecule has 0 saturated carbocycles. The largest absolute Gasteiger partial charge is 0.387 e. The molecule has 1 amide bonds. The van der Waals surface area contributed by atoms with Crippen LogP contribution in [-0.4, -0.2) is 37.6 Å². The minimum Gasteiger partial charge on any atom is -0.387 e. The Labute approximate surface area is 88.5 Å². The fourth-order valence-corrected chi connectivity index (χ4v) is 1.56. The van der Waals surface area contributed by atoms with E-state index >= 15 is 0 Å². The van der Waals surface area contributed by atoms with Gasteiger partial charge in [0, 0.05) is 20.1 Å². The van der Waals surface area contributed by atoms with Crippen LogP contribution in [0.2, 0.25) is 0 Å². The average Bonchev–Trinajstić information content (AvgIpc) is 2.29. The number of anilines is 2. The summed E-state index contributed by atoms with van der Waals surface area (Å²) in [5, 5.41) is 5.79. The number of piperazine rings is 1. The molecule has 0 unspecified atom stereocenters. The van der Waals surface area contributed by atoms with Gasteiger partial charge < -0.3 is 15.5 Å². The third kappa shape index (κ3) is 2.18. The Morgan fingerprint density at radius 1 is 1.53 bits per heavy atom. The topological polar surface area (TPSA) is 57.3 Å². The Morgan fingerprint density at radius 2 is 2.40 bits per heavy atom. The number of aromatic nitrogens is 1. The Balaban J connectivity index is 2.11. The zero-order valence-corrected chi connectivity index (χ0v) is 8.66. The van der Waals surface area contributed by atoms with Gasteiger partial charge >= 0.3 is 0 Å². The lowest BCUT2D eigenvalue weighted by Crippen LogP contribution is -2.48. The number of pyridine rings is 1. The van der Waals surface area contributed by atoms with Crippen molar-refractivity contribution in [2.75, 3.05) is 36.9 Å². The van der Waals surface area contributed by atoms with E-state index in [-0.39, 0.29) is 5.91 Å². The van der Waals surface area contributed by atoms with E-state index in [2.05, 4.69) is 15.6 Å². The van der Waals surface area contributed by atoms with Gasteiger partial charge in [-0.2, -0.15) is 0 Å². The van der Waals surface area contributed by atoms with Crippen molar-refractivity contribution < 1.29 is 4.79 Å². The summed E-state index contributed by atoms with van der Waals surface area (Å²) in [7, 11) is 1.85. The Bertz CT molecular complexity index is 349. The van der Waals surface area contributed by atoms with E-state index in [0.717, 1.165) is 18.1 Å². The van der Waals surface area contributed by atoms with Crippen LogP contribution in [0, 0.1) is 0 Å². The maximum atomic E-state index is 11.2. The van der Waals surface area contributed by atoms with Crippen LogP contribution in [0.5, 0.6) is 0 Å². The first-order chi connectivity index (χ1) is 7.29. The van der Waals surface area contributed by atoms with Crippen LogP contribution >= 0.6 is 0 Å². The molecule has 15 heavy (non-hydrogen) atoms. The first-order valence-electron chi connectivity index (χ1n) is 4.95. The number of carbonyl (C=O) groups excluding carboxylic acids is 1. The van der Waals surface area contributed by atoms with Crippen molar-refractivity contribution in [2.45, 2.75) is 0 Å². The molecule has 5 heteroatoms. The van der Waals surface area contributed by atoms with Crippen LogP contribution in [0.25, 0.3) is 0 Å². The second-order valence-corrected chi connectivity index (χ2v) is 3.43. The van der Waals surface area contributed by atoms with Gasteiger partial charge in [0.2, 0.25) is 5.91 Å². The molecule has 2 rings (SSSR count). The lowest BCUT2D eigenvalue weighted by molar-refractivity contribution is -0.120.